The number of piperazine rings is 1. The molecule has 0 amide bonds. The summed E-state index contributed by atoms with van der Waals surface area (Å²) in [7, 11) is 0. The molecular weight excluding hydrogens is 493 g/mol. The molecule has 2 aliphatic heterocycles. The zero-order valence-electron chi connectivity index (χ0n) is 17.6. The van der Waals surface area contributed by atoms with Gasteiger partial charge in [0, 0.05) is 45.1 Å². The first-order valence-corrected chi connectivity index (χ1v) is 10.7. The zero-order chi connectivity index (χ0) is 19.9. The topological polar surface area (TPSA) is 73.0 Å². The number of nitrogens with one attached hydrogen (secondary N) is 1. The van der Waals surface area contributed by atoms with Crippen molar-refractivity contribution in [3.8, 4) is 0 Å². The van der Waals surface area contributed by atoms with Crippen LogP contribution in [0.2, 0.25) is 0 Å². The van der Waals surface area contributed by atoms with Gasteiger partial charge in [0.2, 0.25) is 5.95 Å². The van der Waals surface area contributed by atoms with E-state index in [2.05, 4.69) is 43.0 Å². The van der Waals surface area contributed by atoms with Crippen molar-refractivity contribution in [2.75, 3.05) is 57.3 Å². The van der Waals surface area contributed by atoms with Gasteiger partial charge in [0.25, 0.3) is 0 Å². The van der Waals surface area contributed by atoms with Crippen molar-refractivity contribution < 1.29 is 4.42 Å². The molecule has 0 aliphatic carbocycles. The highest BCUT2D eigenvalue weighted by atomic mass is 127. The van der Waals surface area contributed by atoms with Crippen LogP contribution in [0.5, 0.6) is 0 Å². The summed E-state index contributed by atoms with van der Waals surface area (Å²) in [4.78, 5) is 20.8. The molecule has 4 rings (SSSR count). The maximum atomic E-state index is 5.74. The summed E-state index contributed by atoms with van der Waals surface area (Å²) < 4.78 is 5.74. The Kier molecular flexibility index (Phi) is 8.74. The number of furan rings is 1. The smallest absolute Gasteiger partial charge is 0.225 e. The van der Waals surface area contributed by atoms with Crippen LogP contribution in [0.1, 0.15) is 31.6 Å². The van der Waals surface area contributed by atoms with Crippen molar-refractivity contribution in [2.45, 2.75) is 25.8 Å². The molecule has 9 heteroatoms. The predicted octanol–water partition coefficient (Wildman–Crippen LogP) is 2.61. The van der Waals surface area contributed by atoms with E-state index in [1.165, 1.54) is 12.8 Å². The molecule has 0 bridgehead atoms. The van der Waals surface area contributed by atoms with Crippen LogP contribution in [-0.2, 0) is 0 Å². The molecule has 1 atom stereocenters. The number of nitrogens with zero attached hydrogens (tertiary/aromatic N) is 6. The van der Waals surface area contributed by atoms with Gasteiger partial charge in [-0.15, -0.1) is 24.0 Å². The molecule has 8 nitrogen and oxygen atoms in total. The van der Waals surface area contributed by atoms with Gasteiger partial charge in [-0.05, 0) is 51.1 Å². The first kappa shape index (κ1) is 22.8. The fraction of sp³-hybridized carbons (Fsp3) is 0.571. The number of hydrogen-bond acceptors (Lipinski definition) is 6. The third-order valence-electron chi connectivity index (χ3n) is 5.62. The number of anilines is 1. The highest BCUT2D eigenvalue weighted by Gasteiger charge is 2.26. The molecule has 0 saturated carbocycles. The monoisotopic (exact) mass is 525 g/mol. The molecule has 0 aromatic carbocycles. The van der Waals surface area contributed by atoms with Crippen LogP contribution in [0, 0.1) is 0 Å². The number of halogens is 1. The SMILES string of the molecule is CCNC(=NCC(c1ccco1)N1CCCC1)N1CCN(c2ncccn2)CC1.I. The largest absolute Gasteiger partial charge is 0.468 e. The van der Waals surface area contributed by atoms with Gasteiger partial charge in [-0.3, -0.25) is 9.89 Å². The number of guanidine groups is 1. The Balaban J connectivity index is 0.00000256. The van der Waals surface area contributed by atoms with Gasteiger partial charge in [0.15, 0.2) is 5.96 Å². The van der Waals surface area contributed by atoms with Crippen LogP contribution in [0.25, 0.3) is 0 Å². The molecule has 30 heavy (non-hydrogen) atoms. The van der Waals surface area contributed by atoms with Gasteiger partial charge in [-0.2, -0.15) is 0 Å². The molecule has 2 fully saturated rings. The lowest BCUT2D eigenvalue weighted by atomic mass is 10.2. The molecule has 2 aromatic heterocycles. The fourth-order valence-electron chi connectivity index (χ4n) is 4.09. The van der Waals surface area contributed by atoms with E-state index in [1.54, 1.807) is 18.7 Å². The van der Waals surface area contributed by atoms with Crippen molar-refractivity contribution in [3.63, 3.8) is 0 Å². The van der Waals surface area contributed by atoms with E-state index < -0.39 is 0 Å². The van der Waals surface area contributed by atoms with Crippen molar-refractivity contribution in [1.29, 1.82) is 0 Å². The highest BCUT2D eigenvalue weighted by Crippen LogP contribution is 2.26. The van der Waals surface area contributed by atoms with E-state index in [1.807, 2.05) is 12.1 Å². The highest BCUT2D eigenvalue weighted by molar-refractivity contribution is 14.0. The quantitative estimate of drug-likeness (QED) is 0.353. The standard InChI is InChI=1S/C21H31N7O.HI/c1-2-22-20(27-12-14-28(15-13-27)21-23-8-6-9-24-21)25-17-18(19-7-5-16-29-19)26-10-3-4-11-26;/h5-9,16,18H,2-4,10-15,17H2,1H3,(H,22,25);1H. The summed E-state index contributed by atoms with van der Waals surface area (Å²) in [6.45, 7) is 9.50. The minimum Gasteiger partial charge on any atom is -0.468 e. The minimum absolute atomic E-state index is 0. The summed E-state index contributed by atoms with van der Waals surface area (Å²) in [5, 5.41) is 3.48. The molecule has 1 N–H and O–H groups in total. The van der Waals surface area contributed by atoms with E-state index >= 15 is 0 Å². The summed E-state index contributed by atoms with van der Waals surface area (Å²) in [6.07, 6.45) is 7.87. The maximum absolute atomic E-state index is 5.74. The summed E-state index contributed by atoms with van der Waals surface area (Å²) in [5.74, 6) is 2.80. The van der Waals surface area contributed by atoms with Crippen molar-refractivity contribution >= 4 is 35.9 Å². The predicted molar refractivity (Wildman–Crippen MR) is 129 cm³/mol. The van der Waals surface area contributed by atoms with Crippen LogP contribution in [0.3, 0.4) is 0 Å². The second-order valence-corrected chi connectivity index (χ2v) is 7.49. The second-order valence-electron chi connectivity index (χ2n) is 7.49. The molecule has 0 radical (unpaired) electrons. The number of likely N-dealkylation sites (tertiary alicyclic amines) is 1. The Morgan fingerprint density at radius 2 is 1.83 bits per heavy atom. The van der Waals surface area contributed by atoms with E-state index in [9.17, 15) is 0 Å². The Labute approximate surface area is 195 Å². The first-order chi connectivity index (χ1) is 14.3. The van der Waals surface area contributed by atoms with Crippen molar-refractivity contribution in [1.82, 2.24) is 25.1 Å². The van der Waals surface area contributed by atoms with Gasteiger partial charge in [0.05, 0.1) is 18.8 Å². The number of rotatable bonds is 6. The molecule has 0 spiro atoms. The van der Waals surface area contributed by atoms with Crippen LogP contribution in [0.15, 0.2) is 46.3 Å². The molecular formula is C21H32IN7O. The summed E-state index contributed by atoms with van der Waals surface area (Å²) in [5.41, 5.74) is 0. The summed E-state index contributed by atoms with van der Waals surface area (Å²) in [6, 6.07) is 6.11. The lowest BCUT2D eigenvalue weighted by molar-refractivity contribution is 0.220. The van der Waals surface area contributed by atoms with E-state index in [4.69, 9.17) is 9.41 Å². The Hall–Kier alpha value is -1.88. The lowest BCUT2D eigenvalue weighted by Crippen LogP contribution is -2.53. The first-order valence-electron chi connectivity index (χ1n) is 10.7. The third-order valence-corrected chi connectivity index (χ3v) is 5.62. The lowest BCUT2D eigenvalue weighted by Gasteiger charge is -2.36. The number of aromatic nitrogens is 2. The van der Waals surface area contributed by atoms with Crippen molar-refractivity contribution in [3.05, 3.63) is 42.6 Å². The average Bonchev–Trinajstić information content (AvgIpc) is 3.49. The molecule has 1 unspecified atom stereocenters. The molecule has 2 aliphatic rings. The Morgan fingerprint density at radius 3 is 2.47 bits per heavy atom. The van der Waals surface area contributed by atoms with Crippen molar-refractivity contribution in [2.24, 2.45) is 4.99 Å². The van der Waals surface area contributed by atoms with E-state index in [-0.39, 0.29) is 30.0 Å². The van der Waals surface area contributed by atoms with Crippen LogP contribution in [0.4, 0.5) is 5.95 Å². The molecule has 164 valence electrons. The number of hydrogen-bond donors (Lipinski definition) is 1. The Morgan fingerprint density at radius 1 is 1.10 bits per heavy atom. The second kappa shape index (κ2) is 11.5. The zero-order valence-corrected chi connectivity index (χ0v) is 19.9. The molecule has 2 saturated heterocycles. The number of aliphatic imine (C=N–C) groups is 1. The Bertz CT molecular complexity index is 757. The third kappa shape index (κ3) is 5.63. The maximum Gasteiger partial charge on any atom is 0.225 e. The van der Waals surface area contributed by atoms with Gasteiger partial charge in [0.1, 0.15) is 5.76 Å². The van der Waals surface area contributed by atoms with E-state index in [0.717, 1.165) is 63.5 Å². The van der Waals surface area contributed by atoms with Crippen LogP contribution in [-0.4, -0.2) is 78.1 Å². The van der Waals surface area contributed by atoms with Gasteiger partial charge < -0.3 is 19.5 Å². The van der Waals surface area contributed by atoms with Gasteiger partial charge >= 0.3 is 0 Å². The van der Waals surface area contributed by atoms with Crippen LogP contribution >= 0.6 is 24.0 Å². The fourth-order valence-corrected chi connectivity index (χ4v) is 4.09. The normalized spacial score (nSPS) is 18.9. The minimum atomic E-state index is 0. The molecule has 2 aromatic rings. The van der Waals surface area contributed by atoms with Gasteiger partial charge in [-0.1, -0.05) is 0 Å². The molecule has 4 heterocycles. The van der Waals surface area contributed by atoms with E-state index in [0.29, 0.717) is 6.54 Å². The van der Waals surface area contributed by atoms with Crippen LogP contribution < -0.4 is 10.2 Å². The van der Waals surface area contributed by atoms with Gasteiger partial charge in [-0.25, -0.2) is 9.97 Å². The summed E-state index contributed by atoms with van der Waals surface area (Å²) >= 11 is 0. The average molecular weight is 525 g/mol.